The van der Waals surface area contributed by atoms with E-state index in [1.165, 1.54) is 75.3 Å². The van der Waals surface area contributed by atoms with E-state index in [-0.39, 0.29) is 0 Å². The molecule has 0 fully saturated rings. The van der Waals surface area contributed by atoms with E-state index >= 15 is 0 Å². The summed E-state index contributed by atoms with van der Waals surface area (Å²) in [5.41, 5.74) is 7.27. The zero-order valence-electron chi connectivity index (χ0n) is 22.6. The minimum absolute atomic E-state index is 1.18. The fourth-order valence-corrected chi connectivity index (χ4v) is 8.41. The van der Waals surface area contributed by atoms with Gasteiger partial charge in [-0.3, -0.25) is 0 Å². The average molecular weight is 573 g/mol. The molecule has 0 aromatic heterocycles. The second-order valence-corrected chi connectivity index (χ2v) is 12.8. The molecule has 2 heterocycles. The maximum atomic E-state index is 2.40. The number of benzene rings is 7. The van der Waals surface area contributed by atoms with Crippen LogP contribution in [0, 0.1) is 0 Å². The molecule has 7 aromatic rings. The van der Waals surface area contributed by atoms with Crippen molar-refractivity contribution in [3.8, 4) is 0 Å². The molecule has 0 atom stereocenters. The van der Waals surface area contributed by atoms with E-state index in [0.29, 0.717) is 0 Å². The number of rotatable bonds is 2. The smallest absolute Gasteiger partial charge is 0.0601 e. The first-order chi connectivity index (χ1) is 20.8. The zero-order valence-corrected chi connectivity index (χ0v) is 24.2. The molecule has 0 saturated carbocycles. The second kappa shape index (κ2) is 9.45. The van der Waals surface area contributed by atoms with Gasteiger partial charge in [0.2, 0.25) is 0 Å². The van der Waals surface area contributed by atoms with Gasteiger partial charge in [-0.15, -0.1) is 0 Å². The minimum atomic E-state index is 1.18. The highest BCUT2D eigenvalue weighted by Gasteiger charge is 2.26. The van der Waals surface area contributed by atoms with Crippen molar-refractivity contribution in [3.63, 3.8) is 0 Å². The van der Waals surface area contributed by atoms with Crippen LogP contribution in [-0.2, 0) is 0 Å². The monoisotopic (exact) mass is 572 g/mol. The van der Waals surface area contributed by atoms with Crippen LogP contribution in [0.25, 0.3) is 21.5 Å². The molecule has 9 rings (SSSR count). The molecular weight excluding hydrogens is 549 g/mol. The maximum absolute atomic E-state index is 2.40. The van der Waals surface area contributed by atoms with Crippen LogP contribution in [0.1, 0.15) is 0 Å². The Kier molecular flexibility index (Phi) is 5.40. The van der Waals surface area contributed by atoms with Gasteiger partial charge >= 0.3 is 0 Å². The Morgan fingerprint density at radius 2 is 0.667 bits per heavy atom. The van der Waals surface area contributed by atoms with Gasteiger partial charge in [-0.05, 0) is 94.3 Å². The summed E-state index contributed by atoms with van der Waals surface area (Å²) in [4.78, 5) is 9.92. The molecule has 0 N–H and O–H groups in total. The Labute approximate surface area is 253 Å². The first kappa shape index (κ1) is 24.0. The van der Waals surface area contributed by atoms with Crippen LogP contribution in [0.5, 0.6) is 0 Å². The summed E-state index contributed by atoms with van der Waals surface area (Å²) in [5, 5.41) is 5.02. The van der Waals surface area contributed by atoms with Gasteiger partial charge in [0.25, 0.3) is 0 Å². The van der Waals surface area contributed by atoms with Gasteiger partial charge in [-0.25, -0.2) is 0 Å². The lowest BCUT2D eigenvalue weighted by Gasteiger charge is -2.33. The molecule has 0 bridgehead atoms. The summed E-state index contributed by atoms with van der Waals surface area (Å²) in [7, 11) is 0. The summed E-state index contributed by atoms with van der Waals surface area (Å²) in [6.07, 6.45) is 0. The highest BCUT2D eigenvalue weighted by molar-refractivity contribution is 8.00. The van der Waals surface area contributed by atoms with E-state index in [0.717, 1.165) is 0 Å². The first-order valence-electron chi connectivity index (χ1n) is 14.1. The largest absolute Gasteiger partial charge is 0.308 e. The predicted octanol–water partition coefficient (Wildman–Crippen LogP) is 11.9. The highest BCUT2D eigenvalue weighted by atomic mass is 32.2. The Bertz CT molecular complexity index is 1940. The van der Waals surface area contributed by atoms with E-state index in [2.05, 4.69) is 155 Å². The topological polar surface area (TPSA) is 6.48 Å². The molecule has 2 aliphatic rings. The van der Waals surface area contributed by atoms with Gasteiger partial charge in [0.15, 0.2) is 0 Å². The third-order valence-electron chi connectivity index (χ3n) is 8.18. The van der Waals surface area contributed by atoms with Crippen molar-refractivity contribution in [2.75, 3.05) is 9.80 Å². The number of hydrogen-bond donors (Lipinski definition) is 0. The number of fused-ring (bicyclic) bond motifs is 7. The quantitative estimate of drug-likeness (QED) is 0.190. The van der Waals surface area contributed by atoms with Crippen molar-refractivity contribution in [3.05, 3.63) is 146 Å². The van der Waals surface area contributed by atoms with Crippen molar-refractivity contribution >= 4 is 79.2 Å². The molecule has 7 aromatic carbocycles. The van der Waals surface area contributed by atoms with E-state index in [1.807, 2.05) is 23.5 Å². The number of hydrogen-bond acceptors (Lipinski definition) is 4. The van der Waals surface area contributed by atoms with E-state index in [1.54, 1.807) is 0 Å². The molecule has 0 amide bonds. The maximum Gasteiger partial charge on any atom is 0.0601 e. The zero-order chi connectivity index (χ0) is 27.6. The molecule has 0 spiro atoms. The fraction of sp³-hybridized carbons (Fsp3) is 0. The Morgan fingerprint density at radius 1 is 0.333 bits per heavy atom. The first-order valence-corrected chi connectivity index (χ1v) is 15.7. The van der Waals surface area contributed by atoms with E-state index in [4.69, 9.17) is 0 Å². The summed E-state index contributed by atoms with van der Waals surface area (Å²) in [5.74, 6) is 0. The highest BCUT2D eigenvalue weighted by Crippen LogP contribution is 2.53. The van der Waals surface area contributed by atoms with Crippen LogP contribution in [0.4, 0.5) is 34.1 Å². The van der Waals surface area contributed by atoms with Gasteiger partial charge in [0, 0.05) is 31.0 Å². The third kappa shape index (κ3) is 3.69. The van der Waals surface area contributed by atoms with E-state index in [9.17, 15) is 0 Å². The fourth-order valence-electron chi connectivity index (χ4n) is 6.29. The lowest BCUT2D eigenvalue weighted by Crippen LogP contribution is -2.14. The molecule has 0 saturated heterocycles. The summed E-state index contributed by atoms with van der Waals surface area (Å²) < 4.78 is 0. The van der Waals surface area contributed by atoms with Gasteiger partial charge in [-0.2, -0.15) is 0 Å². The van der Waals surface area contributed by atoms with Crippen molar-refractivity contribution in [1.29, 1.82) is 0 Å². The van der Waals surface area contributed by atoms with Crippen LogP contribution >= 0.6 is 23.5 Å². The van der Waals surface area contributed by atoms with Crippen LogP contribution in [0.15, 0.2) is 165 Å². The molecule has 0 unspecified atom stereocenters. The Hall–Kier alpha value is -4.64. The van der Waals surface area contributed by atoms with Gasteiger partial charge in [0.05, 0.1) is 22.7 Å². The molecule has 2 nitrogen and oxygen atoms in total. The standard InChI is InChI=1S/C38H24N2S2/c1-5-13-35-31(9-1)39(32-10-2-6-14-36(32)41-35)27-19-21-29-25(23-27)17-18-26-24-28(20-22-30(26)29)40-33-11-3-7-15-37(33)42-38-16-8-4-12-34(38)40/h1-24H. The molecular formula is C38H24N2S2. The van der Waals surface area contributed by atoms with Crippen LogP contribution in [0.2, 0.25) is 0 Å². The van der Waals surface area contributed by atoms with Crippen LogP contribution in [0.3, 0.4) is 0 Å². The summed E-state index contributed by atoms with van der Waals surface area (Å²) in [6, 6.07) is 53.1. The molecule has 4 heteroatoms. The number of nitrogens with zero attached hydrogens (tertiary/aromatic N) is 2. The average Bonchev–Trinajstić information content (AvgIpc) is 3.05. The predicted molar refractivity (Wildman–Crippen MR) is 179 cm³/mol. The Balaban J connectivity index is 1.17. The normalized spacial score (nSPS) is 13.4. The number of anilines is 6. The third-order valence-corrected chi connectivity index (χ3v) is 10.4. The molecule has 2 aliphatic heterocycles. The lowest BCUT2D eigenvalue weighted by molar-refractivity contribution is 1.17. The van der Waals surface area contributed by atoms with Crippen LogP contribution < -0.4 is 9.80 Å². The summed E-state index contributed by atoms with van der Waals surface area (Å²) in [6.45, 7) is 0. The van der Waals surface area contributed by atoms with E-state index < -0.39 is 0 Å². The van der Waals surface area contributed by atoms with Crippen molar-refractivity contribution in [2.24, 2.45) is 0 Å². The summed E-state index contributed by atoms with van der Waals surface area (Å²) >= 11 is 3.69. The number of para-hydroxylation sites is 4. The van der Waals surface area contributed by atoms with Crippen molar-refractivity contribution in [1.82, 2.24) is 0 Å². The molecule has 0 radical (unpaired) electrons. The molecule has 42 heavy (non-hydrogen) atoms. The van der Waals surface area contributed by atoms with Gasteiger partial charge in [0.1, 0.15) is 0 Å². The lowest BCUT2D eigenvalue weighted by atomic mass is 10.00. The minimum Gasteiger partial charge on any atom is -0.308 e. The SMILES string of the molecule is c1ccc2c(c1)Sc1ccccc1N2c1ccc2c(ccc3cc(N4c5ccccc5Sc5ccccc54)ccc32)c1. The van der Waals surface area contributed by atoms with Gasteiger partial charge < -0.3 is 9.80 Å². The van der Waals surface area contributed by atoms with Crippen molar-refractivity contribution < 1.29 is 0 Å². The molecule has 198 valence electrons. The van der Waals surface area contributed by atoms with Gasteiger partial charge in [-0.1, -0.05) is 96.3 Å². The molecule has 0 aliphatic carbocycles. The Morgan fingerprint density at radius 3 is 1.02 bits per heavy atom. The van der Waals surface area contributed by atoms with Crippen molar-refractivity contribution in [2.45, 2.75) is 19.6 Å². The second-order valence-electron chi connectivity index (χ2n) is 10.6. The van der Waals surface area contributed by atoms with Crippen LogP contribution in [-0.4, -0.2) is 0 Å².